The van der Waals surface area contributed by atoms with Gasteiger partial charge in [-0.15, -0.1) is 12.4 Å². The van der Waals surface area contributed by atoms with Crippen LogP contribution in [0.15, 0.2) is 53.4 Å². The number of sulfonamides is 1. The Labute approximate surface area is 228 Å². The van der Waals surface area contributed by atoms with Crippen LogP contribution in [-0.4, -0.2) is 54.8 Å². The Morgan fingerprint density at radius 3 is 2.55 bits per heavy atom. The number of anilines is 1. The van der Waals surface area contributed by atoms with Gasteiger partial charge in [0.1, 0.15) is 6.61 Å². The number of rotatable bonds is 10. The molecule has 4 N–H and O–H groups in total. The molecular formula is C26H31ClN4O6S. The second-order valence-electron chi connectivity index (χ2n) is 9.06. The van der Waals surface area contributed by atoms with E-state index in [0.717, 1.165) is 42.2 Å². The summed E-state index contributed by atoms with van der Waals surface area (Å²) in [6, 6.07) is 12.2. The number of hydrogen-bond acceptors (Lipinski definition) is 8. The van der Waals surface area contributed by atoms with Gasteiger partial charge in [-0.25, -0.2) is 22.9 Å². The van der Waals surface area contributed by atoms with Crippen molar-refractivity contribution in [1.82, 2.24) is 9.97 Å². The zero-order valence-corrected chi connectivity index (χ0v) is 22.7. The third-order valence-corrected chi connectivity index (χ3v) is 7.42. The van der Waals surface area contributed by atoms with Crippen molar-refractivity contribution in [3.63, 3.8) is 0 Å². The molecule has 1 saturated heterocycles. The lowest BCUT2D eigenvalue weighted by atomic mass is 10.00. The highest BCUT2D eigenvalue weighted by atomic mass is 35.5. The molecule has 0 amide bonds. The quantitative estimate of drug-likeness (QED) is 0.333. The average Bonchev–Trinajstić information content (AvgIpc) is 3.35. The van der Waals surface area contributed by atoms with E-state index >= 15 is 0 Å². The average molecular weight is 563 g/mol. The summed E-state index contributed by atoms with van der Waals surface area (Å²) in [5, 5.41) is 9.23. The maximum absolute atomic E-state index is 13.1. The van der Waals surface area contributed by atoms with Crippen molar-refractivity contribution < 1.29 is 27.8 Å². The van der Waals surface area contributed by atoms with Crippen LogP contribution in [0.5, 0.6) is 5.88 Å². The van der Waals surface area contributed by atoms with Gasteiger partial charge in [-0.1, -0.05) is 24.3 Å². The maximum atomic E-state index is 13.1. The number of aromatic nitrogens is 2. The second kappa shape index (κ2) is 12.5. The number of ether oxygens (including phenoxy) is 2. The number of benzene rings is 2. The fourth-order valence-corrected chi connectivity index (χ4v) is 5.28. The predicted molar refractivity (Wildman–Crippen MR) is 145 cm³/mol. The van der Waals surface area contributed by atoms with E-state index in [1.807, 2.05) is 32.0 Å². The fourth-order valence-electron chi connectivity index (χ4n) is 4.29. The van der Waals surface area contributed by atoms with E-state index in [4.69, 9.17) is 15.2 Å². The minimum Gasteiger partial charge on any atom is -0.478 e. The van der Waals surface area contributed by atoms with Gasteiger partial charge < -0.3 is 20.3 Å². The van der Waals surface area contributed by atoms with Crippen LogP contribution in [-0.2, 0) is 14.8 Å². The first kappa shape index (κ1) is 29.3. The smallest absolute Gasteiger partial charge is 0.335 e. The van der Waals surface area contributed by atoms with Crippen molar-refractivity contribution in [2.24, 2.45) is 5.73 Å². The molecule has 204 valence electrons. The monoisotopic (exact) mass is 562 g/mol. The molecule has 1 aliphatic heterocycles. The number of carbonyl (C=O) groups is 1. The highest BCUT2D eigenvalue weighted by Gasteiger charge is 2.22. The number of nitrogens with two attached hydrogens (primary N) is 1. The van der Waals surface area contributed by atoms with Gasteiger partial charge in [0.15, 0.2) is 0 Å². The first-order valence-electron chi connectivity index (χ1n) is 11.9. The Kier molecular flexibility index (Phi) is 9.66. The molecule has 2 aromatic carbocycles. The van der Waals surface area contributed by atoms with Crippen molar-refractivity contribution in [3.05, 3.63) is 65.2 Å². The standard InChI is InChI=1S/C26H30N4O6S.ClH/c1-16-6-3-7-17(2)24(16)22-14-23(36-15-19(27)13-20-9-5-11-35-20)29-26(28-22)30-37(33,34)21-10-4-8-18(12-21)25(31)32;/h3-4,6-8,10,12,14,19-20H,5,9,11,13,15,27H2,1-2H3,(H,31,32)(H,28,29,30);1H/t19-,20?;/m1./s1. The van der Waals surface area contributed by atoms with E-state index in [0.29, 0.717) is 12.1 Å². The van der Waals surface area contributed by atoms with Crippen molar-refractivity contribution in [3.8, 4) is 17.1 Å². The number of nitrogens with zero attached hydrogens (tertiary/aromatic N) is 2. The lowest BCUT2D eigenvalue weighted by Crippen LogP contribution is -2.32. The van der Waals surface area contributed by atoms with Crippen LogP contribution in [0.2, 0.25) is 0 Å². The number of nitrogens with one attached hydrogen (secondary N) is 1. The van der Waals surface area contributed by atoms with Gasteiger partial charge in [0.2, 0.25) is 11.8 Å². The molecule has 0 saturated carbocycles. The minimum atomic E-state index is -4.19. The Morgan fingerprint density at radius 2 is 1.89 bits per heavy atom. The number of aromatic carboxylic acids is 1. The molecule has 1 unspecified atom stereocenters. The summed E-state index contributed by atoms with van der Waals surface area (Å²) in [6.45, 7) is 4.77. The Hall–Kier alpha value is -3.25. The summed E-state index contributed by atoms with van der Waals surface area (Å²) in [5.41, 5.74) is 9.29. The highest BCUT2D eigenvalue weighted by molar-refractivity contribution is 7.92. The number of aryl methyl sites for hydroxylation is 2. The summed E-state index contributed by atoms with van der Waals surface area (Å²) in [4.78, 5) is 19.8. The summed E-state index contributed by atoms with van der Waals surface area (Å²) >= 11 is 0. The van der Waals surface area contributed by atoms with Crippen LogP contribution < -0.4 is 15.2 Å². The molecule has 1 aliphatic rings. The normalized spacial score (nSPS) is 15.9. The van der Waals surface area contributed by atoms with Crippen molar-refractivity contribution in [2.75, 3.05) is 17.9 Å². The van der Waals surface area contributed by atoms with Gasteiger partial charge in [0.25, 0.3) is 10.0 Å². The molecule has 38 heavy (non-hydrogen) atoms. The molecule has 2 atom stereocenters. The highest BCUT2D eigenvalue weighted by Crippen LogP contribution is 2.29. The van der Waals surface area contributed by atoms with E-state index in [1.54, 1.807) is 6.07 Å². The first-order valence-corrected chi connectivity index (χ1v) is 13.4. The van der Waals surface area contributed by atoms with E-state index < -0.39 is 16.0 Å². The zero-order chi connectivity index (χ0) is 26.6. The molecule has 1 aromatic heterocycles. The predicted octanol–water partition coefficient (Wildman–Crippen LogP) is 3.96. The number of carboxylic acids is 1. The molecule has 1 fully saturated rings. The zero-order valence-electron chi connectivity index (χ0n) is 21.1. The molecule has 12 heteroatoms. The third-order valence-electron chi connectivity index (χ3n) is 6.09. The number of halogens is 1. The van der Waals surface area contributed by atoms with Crippen molar-refractivity contribution in [2.45, 2.75) is 50.2 Å². The Morgan fingerprint density at radius 1 is 1.18 bits per heavy atom. The van der Waals surface area contributed by atoms with Gasteiger partial charge in [-0.3, -0.25) is 0 Å². The molecule has 4 rings (SSSR count). The Balaban J connectivity index is 0.00000400. The van der Waals surface area contributed by atoms with Gasteiger partial charge in [-0.05, 0) is 62.4 Å². The number of hydrogen-bond donors (Lipinski definition) is 3. The minimum absolute atomic E-state index is 0. The SMILES string of the molecule is Cc1cccc(C)c1-c1cc(OC[C@H](N)CC2CCCO2)nc(NS(=O)(=O)c2cccc(C(=O)O)c2)n1.Cl. The topological polar surface area (TPSA) is 154 Å². The molecule has 2 heterocycles. The van der Waals surface area contributed by atoms with Crippen molar-refractivity contribution in [1.29, 1.82) is 0 Å². The molecule has 0 spiro atoms. The van der Waals surface area contributed by atoms with Crippen LogP contribution >= 0.6 is 12.4 Å². The molecule has 3 aromatic rings. The first-order chi connectivity index (χ1) is 17.6. The van der Waals surface area contributed by atoms with Gasteiger partial charge in [0.05, 0.1) is 22.3 Å². The Bertz CT molecular complexity index is 1380. The van der Waals surface area contributed by atoms with E-state index in [2.05, 4.69) is 14.7 Å². The lowest BCUT2D eigenvalue weighted by molar-refractivity contribution is 0.0696. The molecule has 0 radical (unpaired) electrons. The van der Waals surface area contributed by atoms with E-state index in [-0.39, 0.29) is 53.4 Å². The van der Waals surface area contributed by atoms with Crippen LogP contribution in [0.1, 0.15) is 40.7 Å². The third kappa shape index (κ3) is 7.19. The number of carboxylic acid groups (broad SMARTS) is 1. The van der Waals surface area contributed by atoms with E-state index in [9.17, 15) is 18.3 Å². The van der Waals surface area contributed by atoms with Crippen LogP contribution in [0.4, 0.5) is 5.95 Å². The summed E-state index contributed by atoms with van der Waals surface area (Å²) in [7, 11) is -4.19. The summed E-state index contributed by atoms with van der Waals surface area (Å²) in [5.74, 6) is -1.28. The summed E-state index contributed by atoms with van der Waals surface area (Å²) in [6.07, 6.45) is 2.74. The van der Waals surface area contributed by atoms with Crippen molar-refractivity contribution >= 4 is 34.3 Å². The van der Waals surface area contributed by atoms with Gasteiger partial charge >= 0.3 is 5.97 Å². The lowest BCUT2D eigenvalue weighted by Gasteiger charge is -2.18. The van der Waals surface area contributed by atoms with Gasteiger partial charge in [-0.2, -0.15) is 4.98 Å². The van der Waals surface area contributed by atoms with Gasteiger partial charge in [0, 0.05) is 24.3 Å². The maximum Gasteiger partial charge on any atom is 0.335 e. The van der Waals surface area contributed by atoms with Crippen LogP contribution in [0.25, 0.3) is 11.3 Å². The summed E-state index contributed by atoms with van der Waals surface area (Å²) < 4.78 is 40.0. The fraction of sp³-hybridized carbons (Fsp3) is 0.346. The van der Waals surface area contributed by atoms with E-state index in [1.165, 1.54) is 18.2 Å². The molecule has 10 nitrogen and oxygen atoms in total. The van der Waals surface area contributed by atoms with Crippen LogP contribution in [0, 0.1) is 13.8 Å². The second-order valence-corrected chi connectivity index (χ2v) is 10.7. The largest absolute Gasteiger partial charge is 0.478 e. The van der Waals surface area contributed by atoms with Crippen LogP contribution in [0.3, 0.4) is 0 Å². The molecule has 0 bridgehead atoms. The molecule has 0 aliphatic carbocycles. The molecular weight excluding hydrogens is 532 g/mol.